The van der Waals surface area contributed by atoms with Crippen molar-refractivity contribution in [1.29, 1.82) is 0 Å². The van der Waals surface area contributed by atoms with Gasteiger partial charge in [0.1, 0.15) is 22.5 Å². The van der Waals surface area contributed by atoms with Gasteiger partial charge in [-0.15, -0.1) is 0 Å². The van der Waals surface area contributed by atoms with Gasteiger partial charge in [-0.2, -0.15) is 22.5 Å². The number of ether oxygens (including phenoxy) is 3. The number of rotatable bonds is 6. The van der Waals surface area contributed by atoms with E-state index in [4.69, 9.17) is 14.2 Å². The third kappa shape index (κ3) is 4.75. The number of aromatic nitrogens is 2. The van der Waals surface area contributed by atoms with Gasteiger partial charge in [0.2, 0.25) is 10.0 Å². The number of hydrogen-bond donors (Lipinski definition) is 0. The van der Waals surface area contributed by atoms with Crippen LogP contribution in [-0.2, 0) is 16.2 Å². The molecule has 0 atom stereocenters. The van der Waals surface area contributed by atoms with E-state index in [-0.39, 0.29) is 42.6 Å². The van der Waals surface area contributed by atoms with Gasteiger partial charge in [-0.3, -0.25) is 0 Å². The quantitative estimate of drug-likeness (QED) is 0.673. The van der Waals surface area contributed by atoms with Crippen molar-refractivity contribution in [3.8, 4) is 17.5 Å². The van der Waals surface area contributed by atoms with Gasteiger partial charge in [-0.1, -0.05) is 0 Å². The van der Waals surface area contributed by atoms with Gasteiger partial charge in [0, 0.05) is 25.4 Å². The minimum Gasteiger partial charge on any atom is -0.497 e. The molecule has 8 nitrogen and oxygen atoms in total. The summed E-state index contributed by atoms with van der Waals surface area (Å²) in [6.07, 6.45) is -3.60. The topological polar surface area (TPSA) is 90.9 Å². The van der Waals surface area contributed by atoms with Crippen molar-refractivity contribution in [2.75, 3.05) is 27.3 Å². The Morgan fingerprint density at radius 3 is 2.40 bits per heavy atom. The Bertz CT molecular complexity index is 993. The van der Waals surface area contributed by atoms with Gasteiger partial charge in [-0.05, 0) is 31.0 Å². The van der Waals surface area contributed by atoms with Crippen LogP contribution in [0.2, 0.25) is 0 Å². The second-order valence-electron chi connectivity index (χ2n) is 6.46. The third-order valence-corrected chi connectivity index (χ3v) is 6.51. The molecule has 1 aromatic heterocycles. The molecule has 0 radical (unpaired) electrons. The molecule has 1 aliphatic rings. The summed E-state index contributed by atoms with van der Waals surface area (Å²) in [5.41, 5.74) is -1.10. The van der Waals surface area contributed by atoms with E-state index in [1.807, 2.05) is 0 Å². The Morgan fingerprint density at radius 2 is 1.80 bits per heavy atom. The minimum absolute atomic E-state index is 0.0232. The predicted octanol–water partition coefficient (Wildman–Crippen LogP) is 2.74. The Balaban J connectivity index is 1.70. The lowest BCUT2D eigenvalue weighted by atomic mass is 10.1. The normalized spacial score (nSPS) is 16.3. The van der Waals surface area contributed by atoms with Crippen LogP contribution in [0, 0.1) is 0 Å². The summed E-state index contributed by atoms with van der Waals surface area (Å²) in [7, 11) is -1.07. The van der Waals surface area contributed by atoms with E-state index in [0.29, 0.717) is 5.75 Å². The van der Waals surface area contributed by atoms with Crippen molar-refractivity contribution in [3.63, 3.8) is 0 Å². The zero-order chi connectivity index (χ0) is 21.9. The van der Waals surface area contributed by atoms with Crippen LogP contribution in [0.25, 0.3) is 0 Å². The van der Waals surface area contributed by atoms with Crippen molar-refractivity contribution >= 4 is 10.0 Å². The summed E-state index contributed by atoms with van der Waals surface area (Å²) in [6, 6.07) is 4.84. The fraction of sp³-hybridized carbons (Fsp3) is 0.444. The molecule has 2 aromatic rings. The molecule has 0 spiro atoms. The number of hydrogen-bond acceptors (Lipinski definition) is 7. The van der Waals surface area contributed by atoms with Crippen LogP contribution < -0.4 is 14.2 Å². The second kappa shape index (κ2) is 8.64. The molecule has 0 bridgehead atoms. The van der Waals surface area contributed by atoms with Gasteiger partial charge >= 0.3 is 12.2 Å². The fourth-order valence-corrected chi connectivity index (χ4v) is 4.66. The number of halogens is 3. The average molecular weight is 447 g/mol. The monoisotopic (exact) mass is 447 g/mol. The lowest BCUT2D eigenvalue weighted by Gasteiger charge is -2.31. The van der Waals surface area contributed by atoms with E-state index in [1.165, 1.54) is 30.7 Å². The number of alkyl halides is 3. The van der Waals surface area contributed by atoms with Crippen LogP contribution in [0.3, 0.4) is 0 Å². The molecular weight excluding hydrogens is 427 g/mol. The number of benzene rings is 1. The first-order valence-corrected chi connectivity index (χ1v) is 10.4. The van der Waals surface area contributed by atoms with Crippen LogP contribution in [0.15, 0.2) is 35.4 Å². The molecule has 1 fully saturated rings. The Morgan fingerprint density at radius 1 is 1.10 bits per heavy atom. The van der Waals surface area contributed by atoms with Gasteiger partial charge < -0.3 is 14.2 Å². The summed E-state index contributed by atoms with van der Waals surface area (Å²) < 4.78 is 81.4. The molecule has 164 valence electrons. The van der Waals surface area contributed by atoms with Crippen molar-refractivity contribution < 1.29 is 35.8 Å². The molecule has 1 aromatic carbocycles. The maximum absolute atomic E-state index is 13.1. The highest BCUT2D eigenvalue weighted by atomic mass is 32.2. The number of piperidine rings is 1. The number of sulfonamides is 1. The molecule has 0 unspecified atom stereocenters. The van der Waals surface area contributed by atoms with E-state index < -0.39 is 28.0 Å². The Labute approximate surface area is 171 Å². The van der Waals surface area contributed by atoms with Crippen molar-refractivity contribution in [1.82, 2.24) is 14.3 Å². The number of nitrogens with zero attached hydrogens (tertiary/aromatic N) is 3. The first kappa shape index (κ1) is 22.1. The summed E-state index contributed by atoms with van der Waals surface area (Å²) in [5, 5.41) is 0. The summed E-state index contributed by atoms with van der Waals surface area (Å²) in [4.78, 5) is 7.06. The standard InChI is InChI=1S/C18H20F3N3O5S/c1-27-13-3-4-14(28-2)15(11-13)30(25,26)24-9-6-12(7-10-24)29-17-22-8-5-16(23-17)18(19,20)21/h3-5,8,11-12H,6-7,9-10H2,1-2H3. The highest BCUT2D eigenvalue weighted by molar-refractivity contribution is 7.89. The Hall–Kier alpha value is -2.60. The fourth-order valence-electron chi connectivity index (χ4n) is 3.02. The van der Waals surface area contributed by atoms with Crippen molar-refractivity contribution in [2.24, 2.45) is 0 Å². The van der Waals surface area contributed by atoms with Crippen LogP contribution in [0.4, 0.5) is 13.2 Å². The van der Waals surface area contributed by atoms with E-state index in [0.717, 1.165) is 12.3 Å². The van der Waals surface area contributed by atoms with Gasteiger partial charge in [0.15, 0.2) is 5.69 Å². The molecule has 3 rings (SSSR count). The van der Waals surface area contributed by atoms with Crippen molar-refractivity contribution in [3.05, 3.63) is 36.2 Å². The first-order chi connectivity index (χ1) is 14.1. The zero-order valence-electron chi connectivity index (χ0n) is 16.2. The maximum Gasteiger partial charge on any atom is 0.433 e. The van der Waals surface area contributed by atoms with Crippen LogP contribution in [0.5, 0.6) is 17.5 Å². The van der Waals surface area contributed by atoms with Gasteiger partial charge in [-0.25, -0.2) is 13.4 Å². The van der Waals surface area contributed by atoms with E-state index in [2.05, 4.69) is 9.97 Å². The van der Waals surface area contributed by atoms with Gasteiger partial charge in [0.05, 0.1) is 14.2 Å². The van der Waals surface area contributed by atoms with E-state index >= 15 is 0 Å². The molecule has 1 saturated heterocycles. The lowest BCUT2D eigenvalue weighted by molar-refractivity contribution is -0.141. The molecule has 1 aliphatic heterocycles. The maximum atomic E-state index is 13.1. The van der Waals surface area contributed by atoms with Crippen LogP contribution >= 0.6 is 0 Å². The zero-order valence-corrected chi connectivity index (χ0v) is 17.0. The second-order valence-corrected chi connectivity index (χ2v) is 8.37. The highest BCUT2D eigenvalue weighted by Gasteiger charge is 2.35. The van der Waals surface area contributed by atoms with Crippen LogP contribution in [-0.4, -0.2) is 56.1 Å². The first-order valence-electron chi connectivity index (χ1n) is 8.94. The van der Waals surface area contributed by atoms with E-state index in [9.17, 15) is 21.6 Å². The predicted molar refractivity (Wildman–Crippen MR) is 99.0 cm³/mol. The molecule has 0 saturated carbocycles. The molecule has 2 heterocycles. The molecular formula is C18H20F3N3O5S. The molecule has 0 N–H and O–H groups in total. The third-order valence-electron chi connectivity index (χ3n) is 4.59. The summed E-state index contributed by atoms with van der Waals surface area (Å²) in [6.45, 7) is 0.235. The largest absolute Gasteiger partial charge is 0.497 e. The average Bonchev–Trinajstić information content (AvgIpc) is 2.73. The van der Waals surface area contributed by atoms with Gasteiger partial charge in [0.25, 0.3) is 0 Å². The Kier molecular flexibility index (Phi) is 6.36. The smallest absolute Gasteiger partial charge is 0.433 e. The van der Waals surface area contributed by atoms with Crippen LogP contribution in [0.1, 0.15) is 18.5 Å². The minimum atomic E-state index is -4.60. The summed E-state index contributed by atoms with van der Waals surface area (Å²) in [5.74, 6) is 0.556. The molecule has 0 amide bonds. The number of methoxy groups -OCH3 is 2. The SMILES string of the molecule is COc1ccc(OC)c(S(=O)(=O)N2CCC(Oc3nccc(C(F)(F)F)n3)CC2)c1. The van der Waals surface area contributed by atoms with Crippen molar-refractivity contribution in [2.45, 2.75) is 30.0 Å². The molecule has 0 aliphatic carbocycles. The lowest BCUT2D eigenvalue weighted by Crippen LogP contribution is -2.42. The summed E-state index contributed by atoms with van der Waals surface area (Å²) >= 11 is 0. The highest BCUT2D eigenvalue weighted by Crippen LogP contribution is 2.32. The van der Waals surface area contributed by atoms with E-state index in [1.54, 1.807) is 6.07 Å². The molecule has 30 heavy (non-hydrogen) atoms. The molecule has 12 heteroatoms.